The first-order valence-electron chi connectivity index (χ1n) is 41.4. The third-order valence-corrected chi connectivity index (χ3v) is 20.9. The molecule has 0 aliphatic carbocycles. The number of morpholine rings is 1. The van der Waals surface area contributed by atoms with Gasteiger partial charge < -0.3 is 68.2 Å². The number of hydrogen-bond acceptors (Lipinski definition) is 23. The molecule has 6 aromatic rings. The van der Waals surface area contributed by atoms with E-state index in [2.05, 4.69) is 105 Å². The van der Waals surface area contributed by atoms with Crippen molar-refractivity contribution in [3.8, 4) is 11.5 Å². The van der Waals surface area contributed by atoms with E-state index in [4.69, 9.17) is 46.4 Å². The molecule has 26 heteroatoms. The molecule has 4 aliphatic heterocycles. The van der Waals surface area contributed by atoms with Gasteiger partial charge in [-0.25, -0.2) is 29.9 Å². The summed E-state index contributed by atoms with van der Waals surface area (Å²) in [5.41, 5.74) is 27.9. The van der Waals surface area contributed by atoms with E-state index in [1.807, 2.05) is 32.3 Å². The lowest BCUT2D eigenvalue weighted by Crippen LogP contribution is -2.40. The number of carbonyl (C=O) groups excluding carboxylic acids is 6. The average Bonchev–Trinajstić information content (AvgIpc) is 0.842. The second kappa shape index (κ2) is 50.1. The molecule has 3 aromatic heterocycles. The maximum absolute atomic E-state index is 13.4. The van der Waals surface area contributed by atoms with Crippen LogP contribution < -0.4 is 63.5 Å². The van der Waals surface area contributed by atoms with Crippen LogP contribution in [0.1, 0.15) is 237 Å². The summed E-state index contributed by atoms with van der Waals surface area (Å²) in [6, 6.07) is 20.9. The Morgan fingerprint density at radius 3 is 1.17 bits per heavy atom. The number of aryl methyl sites for hydroxylation is 5. The number of nitrogens with one attached hydrogen (secondary N) is 6. The van der Waals surface area contributed by atoms with Crippen LogP contribution >= 0.6 is 0 Å². The minimum atomic E-state index is -0.471. The van der Waals surface area contributed by atoms with Crippen molar-refractivity contribution in [3.63, 3.8) is 0 Å². The highest BCUT2D eigenvalue weighted by molar-refractivity contribution is 5.99. The zero-order valence-corrected chi connectivity index (χ0v) is 67.2. The topological polar surface area (TPSA) is 364 Å². The van der Waals surface area contributed by atoms with E-state index in [0.29, 0.717) is 136 Å². The van der Waals surface area contributed by atoms with Gasteiger partial charge >= 0.3 is 0 Å². The zero-order valence-electron chi connectivity index (χ0n) is 67.2. The first-order valence-corrected chi connectivity index (χ1v) is 41.4. The van der Waals surface area contributed by atoms with Crippen LogP contribution in [-0.2, 0) is 64.2 Å². The number of ether oxygens (including phenoxy) is 3. The molecular formula is C86H127N17O9. The molecule has 6 bridgehead atoms. The lowest BCUT2D eigenvalue weighted by Gasteiger charge is -2.26. The van der Waals surface area contributed by atoms with Gasteiger partial charge in [0.1, 0.15) is 11.5 Å². The van der Waals surface area contributed by atoms with Crippen LogP contribution in [0.4, 0.5) is 23.5 Å². The van der Waals surface area contributed by atoms with E-state index < -0.39 is 18.1 Å². The van der Waals surface area contributed by atoms with E-state index in [1.165, 1.54) is 5.56 Å². The number of fused-ring (bicyclic) bond motifs is 6. The maximum atomic E-state index is 13.4. The number of aromatic nitrogens is 6. The Morgan fingerprint density at radius 1 is 0.438 bits per heavy atom. The number of nitrogens with zero attached hydrogens (tertiary/aromatic N) is 8. The summed E-state index contributed by atoms with van der Waals surface area (Å²) in [5.74, 6) is 3.11. The highest BCUT2D eigenvalue weighted by atomic mass is 16.5. The van der Waals surface area contributed by atoms with Crippen molar-refractivity contribution in [2.24, 2.45) is 17.2 Å². The van der Waals surface area contributed by atoms with E-state index >= 15 is 0 Å². The number of carbonyl (C=O) groups is 6. The summed E-state index contributed by atoms with van der Waals surface area (Å²) < 4.78 is 16.1. The largest absolute Gasteiger partial charge is 0.497 e. The highest BCUT2D eigenvalue weighted by Crippen LogP contribution is 2.26. The fourth-order valence-electron chi connectivity index (χ4n) is 13.9. The van der Waals surface area contributed by atoms with Crippen LogP contribution in [0.25, 0.3) is 0 Å². The zero-order chi connectivity index (χ0) is 79.5. The second-order valence-electron chi connectivity index (χ2n) is 30.1. The first kappa shape index (κ1) is 88.5. The van der Waals surface area contributed by atoms with Crippen LogP contribution in [0.2, 0.25) is 0 Å². The summed E-state index contributed by atoms with van der Waals surface area (Å²) in [7, 11) is 7.25. The molecule has 3 atom stereocenters. The van der Waals surface area contributed by atoms with Gasteiger partial charge in [-0.1, -0.05) is 113 Å². The number of methoxy groups -OCH3 is 2. The molecule has 610 valence electrons. The molecule has 1 saturated heterocycles. The quantitative estimate of drug-likeness (QED) is 0.0406. The number of ketones is 3. The molecule has 3 amide bonds. The Morgan fingerprint density at radius 2 is 0.786 bits per heavy atom. The van der Waals surface area contributed by atoms with Crippen LogP contribution in [0.15, 0.2) is 85.3 Å². The Kier molecular flexibility index (Phi) is 39.6. The molecule has 26 nitrogen and oxygen atoms in total. The van der Waals surface area contributed by atoms with Crippen molar-refractivity contribution >= 4 is 58.6 Å². The van der Waals surface area contributed by atoms with Crippen molar-refractivity contribution in [1.82, 2.24) is 50.8 Å². The molecule has 0 radical (unpaired) electrons. The van der Waals surface area contributed by atoms with Crippen molar-refractivity contribution in [1.29, 1.82) is 0 Å². The van der Waals surface area contributed by atoms with Gasteiger partial charge in [0.25, 0.3) is 0 Å². The summed E-state index contributed by atoms with van der Waals surface area (Å²) in [6.45, 7) is 8.75. The Hall–Kier alpha value is -9.08. The summed E-state index contributed by atoms with van der Waals surface area (Å²) in [5, 5.41) is 18.8. The van der Waals surface area contributed by atoms with Crippen molar-refractivity contribution < 1.29 is 43.0 Å². The van der Waals surface area contributed by atoms with E-state index in [0.717, 1.165) is 227 Å². The van der Waals surface area contributed by atoms with Gasteiger partial charge in [-0.05, 0) is 156 Å². The number of amides is 3. The fraction of sp³-hybridized carbons (Fsp3) is 0.581. The number of benzene rings is 3. The SMILES string of the molecule is CN(C)c1ccc(CCC(=O)c2cnc3nc2CCCCC[C@H](N)C(=O)NCCCCCCN3)cc1.COc1cc(CCC(=O)c2cnc3nc2CCCCC[C@H](N)C(=O)NCCCCCCN3)cc(OC)c1.N[C@H]1CCCCCc2nc(ncc2C(=O)Cc2ccc(CN3CCOCC3)cc2)NCCCCCCNC1=O. The molecule has 1 fully saturated rings. The lowest BCUT2D eigenvalue weighted by molar-refractivity contribution is -0.123. The lowest BCUT2D eigenvalue weighted by atomic mass is 9.99. The van der Waals surface area contributed by atoms with Crippen LogP contribution in [0.3, 0.4) is 0 Å². The van der Waals surface area contributed by atoms with Gasteiger partial charge in [0.15, 0.2) is 17.3 Å². The molecule has 4 aliphatic rings. The summed E-state index contributed by atoms with van der Waals surface area (Å²) in [6.07, 6.45) is 31.5. The van der Waals surface area contributed by atoms with Gasteiger partial charge in [-0.15, -0.1) is 0 Å². The molecule has 0 saturated carbocycles. The molecular weight excluding hydrogens is 1420 g/mol. The Labute approximate surface area is 664 Å². The summed E-state index contributed by atoms with van der Waals surface area (Å²) in [4.78, 5) is 108. The van der Waals surface area contributed by atoms with Gasteiger partial charge in [-0.3, -0.25) is 33.7 Å². The molecule has 3 aromatic carbocycles. The highest BCUT2D eigenvalue weighted by Gasteiger charge is 2.22. The monoisotopic (exact) mass is 1540 g/mol. The van der Waals surface area contributed by atoms with Gasteiger partial charge in [0.05, 0.1) is 79.3 Å². The van der Waals surface area contributed by atoms with Crippen LogP contribution in [0.5, 0.6) is 11.5 Å². The first-order chi connectivity index (χ1) is 54.5. The molecule has 0 unspecified atom stereocenters. The predicted molar refractivity (Wildman–Crippen MR) is 443 cm³/mol. The number of rotatable bonds is 16. The molecule has 0 spiro atoms. The van der Waals surface area contributed by atoms with Crippen LogP contribution in [0, 0.1) is 0 Å². The molecule has 12 N–H and O–H groups in total. The second-order valence-corrected chi connectivity index (χ2v) is 30.1. The number of anilines is 4. The predicted octanol–water partition coefficient (Wildman–Crippen LogP) is 11.0. The van der Waals surface area contributed by atoms with Crippen molar-refractivity contribution in [3.05, 3.63) is 141 Å². The van der Waals surface area contributed by atoms with Gasteiger partial charge in [-0.2, -0.15) is 0 Å². The summed E-state index contributed by atoms with van der Waals surface area (Å²) >= 11 is 0. The minimum absolute atomic E-state index is 0.0178. The smallest absolute Gasteiger partial charge is 0.236 e. The Balaban J connectivity index is 0.000000211. The molecule has 112 heavy (non-hydrogen) atoms. The average molecular weight is 1540 g/mol. The number of Topliss-reactive ketones (excluding diaryl/α,β-unsaturated/α-hetero) is 3. The fourth-order valence-corrected chi connectivity index (χ4v) is 13.9. The van der Waals surface area contributed by atoms with Crippen molar-refractivity contribution in [2.75, 3.05) is 115 Å². The third kappa shape index (κ3) is 32.2. The maximum Gasteiger partial charge on any atom is 0.236 e. The van der Waals surface area contributed by atoms with Gasteiger partial charge in [0, 0.05) is 123 Å². The third-order valence-electron chi connectivity index (χ3n) is 20.9. The molecule has 10 rings (SSSR count). The normalized spacial score (nSPS) is 19.1. The van der Waals surface area contributed by atoms with Crippen LogP contribution in [-0.4, -0.2) is 182 Å². The minimum Gasteiger partial charge on any atom is -0.497 e. The Bertz CT molecular complexity index is 3820. The number of hydrogen-bond donors (Lipinski definition) is 9. The standard InChI is InChI=1S/C30H44N6O3.C28H42N6O2.C28H41N5O4/c31-26-8-4-3-5-9-27-25(21-34-30(35-27)33-15-7-2-1-6-14-32-29(26)38)28(37)20-23-10-12-24(13-11-23)22-36-16-18-39-19-17-36;1-34(2)22-15-12-21(13-16-22)14-17-26(35)23-20-32-28-31-19-9-4-3-8-18-30-27(36)24(29)10-6-5-7-11-25(23)33-28;1-36-21-16-20(17-22(18-21)37-2)12-13-26(34)23-19-32-28-31-15-9-4-3-8-14-30-27(35)24(29)10-6-5-7-11-25(23)33-28/h10-13,21,26H,1-9,14-20,22,31H2,(H,32,38)(H,33,34,35);12-13,15-16,20,24H,3-11,14,17-19,29H2,1-2H3,(H,30,36)(H,31,32,33);16-19,24H,3-15,29H2,1-2H3,(H,30,35)(H,31,32,33)/t26-;2*24-/m000/s1. The van der Waals surface area contributed by atoms with E-state index in [1.54, 1.807) is 32.8 Å². The van der Waals surface area contributed by atoms with Crippen molar-refractivity contribution in [2.45, 2.75) is 230 Å². The number of nitrogens with two attached hydrogens (primary N) is 3. The van der Waals surface area contributed by atoms with E-state index in [-0.39, 0.29) is 35.1 Å². The van der Waals surface area contributed by atoms with E-state index in [9.17, 15) is 28.8 Å². The molecule has 7 heterocycles. The van der Waals surface area contributed by atoms with Gasteiger partial charge in [0.2, 0.25) is 35.6 Å².